The number of aromatic nitrogens is 1. The maximum atomic E-state index is 11.5. The van der Waals surface area contributed by atoms with Gasteiger partial charge in [-0.2, -0.15) is 0 Å². The second-order valence-corrected chi connectivity index (χ2v) is 3.74. The Morgan fingerprint density at radius 3 is 2.76 bits per heavy atom. The van der Waals surface area contributed by atoms with Gasteiger partial charge in [0.15, 0.2) is 0 Å². The molecule has 2 N–H and O–H groups in total. The van der Waals surface area contributed by atoms with Gasteiger partial charge in [-0.05, 0) is 23.8 Å². The van der Waals surface area contributed by atoms with Gasteiger partial charge in [-0.1, -0.05) is 12.1 Å². The van der Waals surface area contributed by atoms with Gasteiger partial charge in [0.2, 0.25) is 0 Å². The smallest absolute Gasteiger partial charge is 0.250 e. The number of nitrogen functional groups attached to an aromatic ring is 1. The quantitative estimate of drug-likeness (QED) is 0.813. The van der Waals surface area contributed by atoms with Crippen LogP contribution in [0.15, 0.2) is 47.4 Å². The molecule has 0 saturated heterocycles. The highest BCUT2D eigenvalue weighted by atomic mass is 16.5. The zero-order valence-corrected chi connectivity index (χ0v) is 9.59. The van der Waals surface area contributed by atoms with Gasteiger partial charge < -0.3 is 15.0 Å². The number of methoxy groups -OCH3 is 1. The van der Waals surface area contributed by atoms with Crippen LogP contribution in [0, 0.1) is 0 Å². The molecule has 0 saturated carbocycles. The molecule has 0 bridgehead atoms. The highest BCUT2D eigenvalue weighted by Gasteiger charge is 2.02. The molecule has 0 aliphatic rings. The molecular formula is C13H14N2O2. The van der Waals surface area contributed by atoms with E-state index in [2.05, 4.69) is 0 Å². The van der Waals surface area contributed by atoms with E-state index in [1.54, 1.807) is 30.0 Å². The van der Waals surface area contributed by atoms with Crippen molar-refractivity contribution in [3.05, 3.63) is 58.5 Å². The average Bonchev–Trinajstić information content (AvgIpc) is 2.32. The molecule has 4 nitrogen and oxygen atoms in total. The number of nitrogens with zero attached hydrogens (tertiary/aromatic N) is 1. The monoisotopic (exact) mass is 230 g/mol. The van der Waals surface area contributed by atoms with Gasteiger partial charge in [0.25, 0.3) is 5.56 Å². The number of benzene rings is 1. The van der Waals surface area contributed by atoms with Gasteiger partial charge in [0.1, 0.15) is 5.75 Å². The normalized spacial score (nSPS) is 10.2. The van der Waals surface area contributed by atoms with E-state index in [4.69, 9.17) is 10.5 Å². The summed E-state index contributed by atoms with van der Waals surface area (Å²) >= 11 is 0. The number of anilines is 1. The minimum atomic E-state index is -0.0260. The first-order chi connectivity index (χ1) is 8.20. The van der Waals surface area contributed by atoms with Crippen molar-refractivity contribution in [3.8, 4) is 5.75 Å². The Morgan fingerprint density at radius 1 is 1.29 bits per heavy atom. The highest BCUT2D eigenvalue weighted by molar-refractivity contribution is 5.54. The summed E-state index contributed by atoms with van der Waals surface area (Å²) in [5.41, 5.74) is 7.33. The number of hydrogen-bond acceptors (Lipinski definition) is 3. The fourth-order valence-electron chi connectivity index (χ4n) is 1.67. The molecule has 0 fully saturated rings. The minimum Gasteiger partial charge on any atom is -0.495 e. The lowest BCUT2D eigenvalue weighted by Gasteiger charge is -2.08. The van der Waals surface area contributed by atoms with E-state index in [-0.39, 0.29) is 5.56 Å². The molecule has 0 aliphatic carbocycles. The Bertz CT molecular complexity index is 576. The van der Waals surface area contributed by atoms with Crippen molar-refractivity contribution in [2.45, 2.75) is 6.54 Å². The summed E-state index contributed by atoms with van der Waals surface area (Å²) < 4.78 is 6.71. The Kier molecular flexibility index (Phi) is 3.14. The Balaban J connectivity index is 2.28. The van der Waals surface area contributed by atoms with E-state index in [1.165, 1.54) is 6.07 Å². The lowest BCUT2D eigenvalue weighted by Crippen LogP contribution is -2.18. The van der Waals surface area contributed by atoms with Gasteiger partial charge in [0, 0.05) is 12.3 Å². The molecular weight excluding hydrogens is 216 g/mol. The first-order valence-corrected chi connectivity index (χ1v) is 5.28. The van der Waals surface area contributed by atoms with Crippen LogP contribution in [0.1, 0.15) is 5.56 Å². The zero-order valence-electron chi connectivity index (χ0n) is 9.59. The van der Waals surface area contributed by atoms with Crippen LogP contribution in [0.2, 0.25) is 0 Å². The van der Waals surface area contributed by atoms with E-state index in [1.807, 2.05) is 18.2 Å². The van der Waals surface area contributed by atoms with Crippen LogP contribution in [0.3, 0.4) is 0 Å². The first kappa shape index (κ1) is 11.3. The summed E-state index contributed by atoms with van der Waals surface area (Å²) in [6.07, 6.45) is 1.75. The van der Waals surface area contributed by atoms with Gasteiger partial charge in [-0.3, -0.25) is 4.79 Å². The summed E-state index contributed by atoms with van der Waals surface area (Å²) in [4.78, 5) is 11.5. The van der Waals surface area contributed by atoms with Crippen LogP contribution in [0.25, 0.3) is 0 Å². The van der Waals surface area contributed by atoms with Gasteiger partial charge in [0.05, 0.1) is 19.3 Å². The van der Waals surface area contributed by atoms with Crippen LogP contribution in [-0.2, 0) is 6.54 Å². The maximum absolute atomic E-state index is 11.5. The van der Waals surface area contributed by atoms with Crippen LogP contribution in [0.4, 0.5) is 5.69 Å². The third kappa shape index (κ3) is 2.47. The van der Waals surface area contributed by atoms with Crippen LogP contribution in [-0.4, -0.2) is 11.7 Å². The summed E-state index contributed by atoms with van der Waals surface area (Å²) in [7, 11) is 1.58. The maximum Gasteiger partial charge on any atom is 0.250 e. The summed E-state index contributed by atoms with van der Waals surface area (Å²) in [6.45, 7) is 0.508. The molecule has 4 heteroatoms. The molecule has 2 rings (SSSR count). The van der Waals surface area contributed by atoms with E-state index >= 15 is 0 Å². The fraction of sp³-hybridized carbons (Fsp3) is 0.154. The minimum absolute atomic E-state index is 0.0260. The lowest BCUT2D eigenvalue weighted by atomic mass is 10.2. The van der Waals surface area contributed by atoms with E-state index in [9.17, 15) is 4.79 Å². The molecule has 0 radical (unpaired) electrons. The third-order valence-electron chi connectivity index (χ3n) is 2.55. The van der Waals surface area contributed by atoms with Gasteiger partial charge >= 0.3 is 0 Å². The summed E-state index contributed by atoms with van der Waals surface area (Å²) in [6, 6.07) is 10.6. The molecule has 1 aromatic carbocycles. The van der Waals surface area contributed by atoms with Crippen molar-refractivity contribution in [3.63, 3.8) is 0 Å². The highest BCUT2D eigenvalue weighted by Crippen LogP contribution is 2.21. The number of rotatable bonds is 3. The van der Waals surface area contributed by atoms with Crippen molar-refractivity contribution in [2.24, 2.45) is 0 Å². The lowest BCUT2D eigenvalue weighted by molar-refractivity contribution is 0.417. The molecule has 0 unspecified atom stereocenters. The summed E-state index contributed by atoms with van der Waals surface area (Å²) in [5.74, 6) is 0.647. The third-order valence-corrected chi connectivity index (χ3v) is 2.55. The summed E-state index contributed by atoms with van der Waals surface area (Å²) in [5, 5.41) is 0. The molecule has 0 spiro atoms. The van der Waals surface area contributed by atoms with Crippen LogP contribution < -0.4 is 16.0 Å². The zero-order chi connectivity index (χ0) is 12.3. The van der Waals surface area contributed by atoms with Crippen molar-refractivity contribution >= 4 is 5.69 Å². The SMILES string of the molecule is COc1ccc(Cn2ccccc2=O)cc1N. The predicted molar refractivity (Wildman–Crippen MR) is 67.2 cm³/mol. The predicted octanol–water partition coefficient (Wildman–Crippen LogP) is 1.49. The first-order valence-electron chi connectivity index (χ1n) is 5.28. The second-order valence-electron chi connectivity index (χ2n) is 3.74. The molecule has 0 amide bonds. The standard InChI is InChI=1S/C13H14N2O2/c1-17-12-6-5-10(8-11(12)14)9-15-7-3-2-4-13(15)16/h2-8H,9,14H2,1H3. The van der Waals surface area contributed by atoms with E-state index < -0.39 is 0 Å². The van der Waals surface area contributed by atoms with E-state index in [0.29, 0.717) is 18.0 Å². The molecule has 17 heavy (non-hydrogen) atoms. The number of ether oxygens (including phenoxy) is 1. The Labute approximate surface area is 99.3 Å². The van der Waals surface area contributed by atoms with Crippen molar-refractivity contribution in [1.29, 1.82) is 0 Å². The molecule has 88 valence electrons. The molecule has 0 aliphatic heterocycles. The number of hydrogen-bond donors (Lipinski definition) is 1. The van der Waals surface area contributed by atoms with Gasteiger partial charge in [-0.15, -0.1) is 0 Å². The van der Waals surface area contributed by atoms with Crippen molar-refractivity contribution in [1.82, 2.24) is 4.57 Å². The average molecular weight is 230 g/mol. The Hall–Kier alpha value is -2.23. The fourth-order valence-corrected chi connectivity index (χ4v) is 1.67. The number of nitrogens with two attached hydrogens (primary N) is 1. The topological polar surface area (TPSA) is 57.2 Å². The molecule has 0 atom stereocenters. The Morgan fingerprint density at radius 2 is 2.12 bits per heavy atom. The molecule has 2 aromatic rings. The molecule has 1 aromatic heterocycles. The van der Waals surface area contributed by atoms with Gasteiger partial charge in [-0.25, -0.2) is 0 Å². The van der Waals surface area contributed by atoms with Crippen LogP contribution in [0.5, 0.6) is 5.75 Å². The second kappa shape index (κ2) is 4.74. The van der Waals surface area contributed by atoms with Crippen molar-refractivity contribution < 1.29 is 4.74 Å². The van der Waals surface area contributed by atoms with E-state index in [0.717, 1.165) is 5.56 Å². The van der Waals surface area contributed by atoms with Crippen LogP contribution >= 0.6 is 0 Å². The number of pyridine rings is 1. The molecule has 1 heterocycles. The largest absolute Gasteiger partial charge is 0.495 e. The van der Waals surface area contributed by atoms with Crippen molar-refractivity contribution in [2.75, 3.05) is 12.8 Å².